The SMILES string of the molecule is O=[N+]([O-])c1ccc(N2CCCC2)c(/C=N/O)c1. The van der Waals surface area contributed by atoms with Crippen LogP contribution in [0.4, 0.5) is 11.4 Å². The Hall–Kier alpha value is -2.11. The van der Waals surface area contributed by atoms with Crippen molar-refractivity contribution in [3.63, 3.8) is 0 Å². The van der Waals surface area contributed by atoms with E-state index in [0.717, 1.165) is 31.6 Å². The molecule has 6 nitrogen and oxygen atoms in total. The Bertz CT molecular complexity index is 453. The lowest BCUT2D eigenvalue weighted by molar-refractivity contribution is -0.384. The molecule has 2 rings (SSSR count). The van der Waals surface area contributed by atoms with Gasteiger partial charge in [-0.15, -0.1) is 0 Å². The molecule has 1 saturated heterocycles. The van der Waals surface area contributed by atoms with Crippen molar-refractivity contribution in [3.8, 4) is 0 Å². The predicted molar refractivity (Wildman–Crippen MR) is 63.9 cm³/mol. The van der Waals surface area contributed by atoms with Gasteiger partial charge in [-0.05, 0) is 18.9 Å². The third kappa shape index (κ3) is 2.35. The van der Waals surface area contributed by atoms with Crippen LogP contribution in [-0.2, 0) is 0 Å². The van der Waals surface area contributed by atoms with E-state index in [9.17, 15) is 10.1 Å². The van der Waals surface area contributed by atoms with Crippen LogP contribution in [-0.4, -0.2) is 29.4 Å². The van der Waals surface area contributed by atoms with Gasteiger partial charge in [-0.3, -0.25) is 10.1 Å². The topological polar surface area (TPSA) is 79.0 Å². The van der Waals surface area contributed by atoms with E-state index in [0.29, 0.717) is 5.56 Å². The highest BCUT2D eigenvalue weighted by molar-refractivity contribution is 5.89. The van der Waals surface area contributed by atoms with Crippen LogP contribution in [0.3, 0.4) is 0 Å². The Morgan fingerprint density at radius 3 is 2.71 bits per heavy atom. The fraction of sp³-hybridized carbons (Fsp3) is 0.364. The number of nitrogens with zero attached hydrogens (tertiary/aromatic N) is 3. The van der Waals surface area contributed by atoms with Crippen molar-refractivity contribution in [1.29, 1.82) is 0 Å². The molecule has 90 valence electrons. The average Bonchev–Trinajstić information content (AvgIpc) is 2.82. The molecule has 6 heteroatoms. The molecule has 0 spiro atoms. The number of hydrogen-bond donors (Lipinski definition) is 1. The van der Waals surface area contributed by atoms with Gasteiger partial charge in [-0.2, -0.15) is 0 Å². The molecule has 0 aliphatic carbocycles. The summed E-state index contributed by atoms with van der Waals surface area (Å²) in [5.41, 5.74) is 1.46. The van der Waals surface area contributed by atoms with Crippen LogP contribution in [0, 0.1) is 10.1 Å². The van der Waals surface area contributed by atoms with Crippen LogP contribution < -0.4 is 4.90 Å². The molecule has 1 heterocycles. The standard InChI is InChI=1S/C11H13N3O3/c15-12-8-9-7-10(14(16)17)3-4-11(9)13-5-1-2-6-13/h3-4,7-8,15H,1-2,5-6H2/b12-8+. The Balaban J connectivity index is 2.40. The van der Waals surface area contributed by atoms with Crippen LogP contribution in [0.1, 0.15) is 18.4 Å². The van der Waals surface area contributed by atoms with E-state index in [4.69, 9.17) is 5.21 Å². The van der Waals surface area contributed by atoms with Crippen molar-refractivity contribution < 1.29 is 10.1 Å². The minimum absolute atomic E-state index is 0.00264. The van der Waals surface area contributed by atoms with E-state index in [2.05, 4.69) is 10.1 Å². The lowest BCUT2D eigenvalue weighted by Crippen LogP contribution is -2.19. The summed E-state index contributed by atoms with van der Waals surface area (Å²) in [4.78, 5) is 12.4. The largest absolute Gasteiger partial charge is 0.411 e. The van der Waals surface area contributed by atoms with E-state index in [1.54, 1.807) is 6.07 Å². The number of oxime groups is 1. The van der Waals surface area contributed by atoms with Gasteiger partial charge in [0.2, 0.25) is 0 Å². The molecule has 1 fully saturated rings. The summed E-state index contributed by atoms with van der Waals surface area (Å²) in [5, 5.41) is 22.2. The number of nitro groups is 1. The third-order valence-corrected chi connectivity index (χ3v) is 2.87. The number of benzene rings is 1. The summed E-state index contributed by atoms with van der Waals surface area (Å²) >= 11 is 0. The summed E-state index contributed by atoms with van der Waals surface area (Å²) in [6, 6.07) is 4.61. The van der Waals surface area contributed by atoms with Crippen molar-refractivity contribution in [2.45, 2.75) is 12.8 Å². The summed E-state index contributed by atoms with van der Waals surface area (Å²) in [6.45, 7) is 1.87. The van der Waals surface area contributed by atoms with Crippen LogP contribution >= 0.6 is 0 Å². The first-order valence-corrected chi connectivity index (χ1v) is 5.43. The summed E-state index contributed by atoms with van der Waals surface area (Å²) in [5.74, 6) is 0. The first-order chi connectivity index (χ1) is 8.22. The minimum Gasteiger partial charge on any atom is -0.411 e. The molecule has 1 aliphatic rings. The van der Waals surface area contributed by atoms with Crippen molar-refractivity contribution in [3.05, 3.63) is 33.9 Å². The van der Waals surface area contributed by atoms with Gasteiger partial charge in [0, 0.05) is 36.5 Å². The van der Waals surface area contributed by atoms with E-state index in [-0.39, 0.29) is 5.69 Å². The summed E-state index contributed by atoms with van der Waals surface area (Å²) in [6.07, 6.45) is 3.47. The molecule has 0 aromatic heterocycles. The predicted octanol–water partition coefficient (Wildman–Crippen LogP) is 2.00. The second kappa shape index (κ2) is 4.82. The van der Waals surface area contributed by atoms with Crippen molar-refractivity contribution in [1.82, 2.24) is 0 Å². The maximum atomic E-state index is 10.7. The number of anilines is 1. The normalized spacial score (nSPS) is 15.6. The highest BCUT2D eigenvalue weighted by Crippen LogP contribution is 2.27. The monoisotopic (exact) mass is 235 g/mol. The first-order valence-electron chi connectivity index (χ1n) is 5.43. The van der Waals surface area contributed by atoms with Crippen molar-refractivity contribution >= 4 is 17.6 Å². The minimum atomic E-state index is -0.456. The molecule has 0 amide bonds. The van der Waals surface area contributed by atoms with Crippen LogP contribution in [0.2, 0.25) is 0 Å². The number of non-ortho nitro benzene ring substituents is 1. The van der Waals surface area contributed by atoms with Crippen molar-refractivity contribution in [2.24, 2.45) is 5.16 Å². The second-order valence-electron chi connectivity index (χ2n) is 3.94. The van der Waals surface area contributed by atoms with Crippen LogP contribution in [0.15, 0.2) is 23.4 Å². The van der Waals surface area contributed by atoms with Gasteiger partial charge >= 0.3 is 0 Å². The van der Waals surface area contributed by atoms with E-state index in [1.165, 1.54) is 18.3 Å². The van der Waals surface area contributed by atoms with Gasteiger partial charge in [-0.1, -0.05) is 5.16 Å². The highest BCUT2D eigenvalue weighted by atomic mass is 16.6. The molecule has 0 saturated carbocycles. The number of rotatable bonds is 3. The molecular weight excluding hydrogens is 222 g/mol. The van der Waals surface area contributed by atoms with Gasteiger partial charge in [0.25, 0.3) is 5.69 Å². The summed E-state index contributed by atoms with van der Waals surface area (Å²) < 4.78 is 0. The van der Waals surface area contributed by atoms with Crippen molar-refractivity contribution in [2.75, 3.05) is 18.0 Å². The zero-order chi connectivity index (χ0) is 12.3. The van der Waals surface area contributed by atoms with Gasteiger partial charge in [-0.25, -0.2) is 0 Å². The lowest BCUT2D eigenvalue weighted by atomic mass is 10.1. The third-order valence-electron chi connectivity index (χ3n) is 2.87. The molecule has 0 unspecified atom stereocenters. The molecular formula is C11H13N3O3. The molecule has 1 aromatic carbocycles. The number of hydrogen-bond acceptors (Lipinski definition) is 5. The molecule has 0 bridgehead atoms. The quantitative estimate of drug-likeness (QED) is 0.376. The van der Waals surface area contributed by atoms with E-state index >= 15 is 0 Å². The first kappa shape index (κ1) is 11.4. The lowest BCUT2D eigenvalue weighted by Gasteiger charge is -2.19. The van der Waals surface area contributed by atoms with Crippen LogP contribution in [0.5, 0.6) is 0 Å². The Morgan fingerprint density at radius 2 is 2.12 bits per heavy atom. The molecule has 0 radical (unpaired) electrons. The van der Waals surface area contributed by atoms with Gasteiger partial charge in [0.15, 0.2) is 0 Å². The van der Waals surface area contributed by atoms with Gasteiger partial charge in [0.1, 0.15) is 0 Å². The zero-order valence-corrected chi connectivity index (χ0v) is 9.24. The smallest absolute Gasteiger partial charge is 0.270 e. The molecule has 0 atom stereocenters. The number of nitro benzene ring substituents is 1. The Morgan fingerprint density at radius 1 is 1.41 bits per heavy atom. The highest BCUT2D eigenvalue weighted by Gasteiger charge is 2.17. The Labute approximate surface area is 98.3 Å². The maximum Gasteiger partial charge on any atom is 0.270 e. The van der Waals surface area contributed by atoms with Gasteiger partial charge in [0.05, 0.1) is 11.1 Å². The maximum absolute atomic E-state index is 10.7. The fourth-order valence-electron chi connectivity index (χ4n) is 2.07. The van der Waals surface area contributed by atoms with E-state index in [1.807, 2.05) is 0 Å². The molecule has 1 aliphatic heterocycles. The molecule has 1 aromatic rings. The zero-order valence-electron chi connectivity index (χ0n) is 9.24. The van der Waals surface area contributed by atoms with E-state index < -0.39 is 4.92 Å². The molecule has 1 N–H and O–H groups in total. The van der Waals surface area contributed by atoms with Crippen LogP contribution in [0.25, 0.3) is 0 Å². The fourth-order valence-corrected chi connectivity index (χ4v) is 2.07. The molecule has 17 heavy (non-hydrogen) atoms. The second-order valence-corrected chi connectivity index (χ2v) is 3.94. The summed E-state index contributed by atoms with van der Waals surface area (Å²) in [7, 11) is 0. The average molecular weight is 235 g/mol. The Kier molecular flexibility index (Phi) is 3.22. The van der Waals surface area contributed by atoms with Gasteiger partial charge < -0.3 is 10.1 Å².